The van der Waals surface area contributed by atoms with Gasteiger partial charge in [0, 0.05) is 6.07 Å². The van der Waals surface area contributed by atoms with Crippen molar-refractivity contribution in [2.75, 3.05) is 5.01 Å². The van der Waals surface area contributed by atoms with Gasteiger partial charge in [0.1, 0.15) is 17.0 Å². The molecule has 1 rings (SSSR count). The maximum atomic E-state index is 12.4. The maximum Gasteiger partial charge on any atom is 0.434 e. The standard InChI is InChI=1S/C16H23ClN2O5/c1-15(2,3)23-13(21)18-19(14(22)24-16(4,5)6)10-7-8-11(17)12(20)9-10/h7-9,20H,1-6H3,(H,18,21). The molecule has 1 aromatic rings. The summed E-state index contributed by atoms with van der Waals surface area (Å²) in [5, 5.41) is 10.7. The number of phenolic OH excluding ortho intramolecular Hbond substituents is 1. The number of nitrogens with one attached hydrogen (secondary N) is 1. The van der Waals surface area contributed by atoms with Crippen molar-refractivity contribution in [3.05, 3.63) is 23.2 Å². The molecule has 0 saturated heterocycles. The first-order valence-corrected chi connectivity index (χ1v) is 7.67. The van der Waals surface area contributed by atoms with Crippen LogP contribution in [0.4, 0.5) is 15.3 Å². The highest BCUT2D eigenvalue weighted by atomic mass is 35.5. The molecule has 2 N–H and O–H groups in total. The van der Waals surface area contributed by atoms with E-state index in [4.69, 9.17) is 21.1 Å². The summed E-state index contributed by atoms with van der Waals surface area (Å²) in [6, 6.07) is 4.06. The molecule has 24 heavy (non-hydrogen) atoms. The number of hydrogen-bond acceptors (Lipinski definition) is 5. The van der Waals surface area contributed by atoms with Crippen LogP contribution in [0.3, 0.4) is 0 Å². The van der Waals surface area contributed by atoms with Gasteiger partial charge in [-0.25, -0.2) is 15.0 Å². The van der Waals surface area contributed by atoms with Crippen LogP contribution in [-0.2, 0) is 9.47 Å². The van der Waals surface area contributed by atoms with Crippen LogP contribution >= 0.6 is 11.6 Å². The Hall–Kier alpha value is -2.15. The zero-order chi connectivity index (χ0) is 18.7. The van der Waals surface area contributed by atoms with Crippen LogP contribution in [0.2, 0.25) is 5.02 Å². The molecule has 0 unspecified atom stereocenters. The average molecular weight is 359 g/mol. The third-order valence-electron chi connectivity index (χ3n) is 2.37. The first-order chi connectivity index (χ1) is 10.8. The van der Waals surface area contributed by atoms with Crippen LogP contribution in [-0.4, -0.2) is 28.5 Å². The topological polar surface area (TPSA) is 88.1 Å². The fraction of sp³-hybridized carbons (Fsp3) is 0.500. The molecule has 134 valence electrons. The van der Waals surface area contributed by atoms with E-state index in [1.807, 2.05) is 0 Å². The zero-order valence-corrected chi connectivity index (χ0v) is 15.4. The molecule has 0 atom stereocenters. The van der Waals surface area contributed by atoms with E-state index in [9.17, 15) is 14.7 Å². The number of hydrogen-bond donors (Lipinski definition) is 2. The van der Waals surface area contributed by atoms with Gasteiger partial charge in [-0.1, -0.05) is 11.6 Å². The second-order valence-electron chi connectivity index (χ2n) is 7.07. The van der Waals surface area contributed by atoms with Gasteiger partial charge in [-0.15, -0.1) is 0 Å². The number of carbonyl (C=O) groups is 2. The van der Waals surface area contributed by atoms with Crippen molar-refractivity contribution >= 4 is 29.5 Å². The van der Waals surface area contributed by atoms with Crippen molar-refractivity contribution in [2.24, 2.45) is 0 Å². The molecule has 1 aromatic carbocycles. The number of amides is 2. The zero-order valence-electron chi connectivity index (χ0n) is 14.6. The monoisotopic (exact) mass is 358 g/mol. The van der Waals surface area contributed by atoms with E-state index in [1.165, 1.54) is 18.2 Å². The minimum atomic E-state index is -0.845. The minimum Gasteiger partial charge on any atom is -0.506 e. The van der Waals surface area contributed by atoms with E-state index in [-0.39, 0.29) is 16.5 Å². The number of benzene rings is 1. The molecule has 0 bridgehead atoms. The SMILES string of the molecule is CC(C)(C)OC(=O)NN(C(=O)OC(C)(C)C)c1ccc(Cl)c(O)c1. The second-order valence-corrected chi connectivity index (χ2v) is 7.47. The highest BCUT2D eigenvalue weighted by molar-refractivity contribution is 6.32. The molecule has 0 saturated carbocycles. The van der Waals surface area contributed by atoms with Gasteiger partial charge < -0.3 is 14.6 Å². The number of anilines is 1. The molecule has 0 aromatic heterocycles. The van der Waals surface area contributed by atoms with Crippen LogP contribution < -0.4 is 10.4 Å². The van der Waals surface area contributed by atoms with Gasteiger partial charge >= 0.3 is 12.2 Å². The Morgan fingerprint density at radius 2 is 1.62 bits per heavy atom. The Balaban J connectivity index is 3.09. The number of aromatic hydroxyl groups is 1. The smallest absolute Gasteiger partial charge is 0.434 e. The molecule has 2 amide bonds. The van der Waals surface area contributed by atoms with Crippen LogP contribution in [0.5, 0.6) is 5.75 Å². The van der Waals surface area contributed by atoms with E-state index in [2.05, 4.69) is 5.43 Å². The van der Waals surface area contributed by atoms with Crippen molar-refractivity contribution in [1.29, 1.82) is 0 Å². The molecule has 0 heterocycles. The van der Waals surface area contributed by atoms with E-state index in [0.29, 0.717) is 0 Å². The fourth-order valence-corrected chi connectivity index (χ4v) is 1.67. The quantitative estimate of drug-likeness (QED) is 0.733. The third kappa shape index (κ3) is 6.54. The number of carbonyl (C=O) groups excluding carboxylic acids is 2. The first-order valence-electron chi connectivity index (χ1n) is 7.30. The van der Waals surface area contributed by atoms with Crippen LogP contribution in [0.15, 0.2) is 18.2 Å². The third-order valence-corrected chi connectivity index (χ3v) is 2.69. The van der Waals surface area contributed by atoms with E-state index >= 15 is 0 Å². The lowest BCUT2D eigenvalue weighted by molar-refractivity contribution is 0.0425. The summed E-state index contributed by atoms with van der Waals surface area (Å²) in [5.74, 6) is -0.242. The summed E-state index contributed by atoms with van der Waals surface area (Å²) in [4.78, 5) is 24.4. The van der Waals surface area contributed by atoms with Crippen LogP contribution in [0, 0.1) is 0 Å². The molecule has 8 heteroatoms. The molecule has 0 aliphatic rings. The van der Waals surface area contributed by atoms with Gasteiger partial charge in [-0.3, -0.25) is 0 Å². The Labute approximate surface area is 146 Å². The summed E-state index contributed by atoms with van der Waals surface area (Å²) >= 11 is 5.77. The molecular formula is C16H23ClN2O5. The summed E-state index contributed by atoms with van der Waals surface area (Å²) in [7, 11) is 0. The fourth-order valence-electron chi connectivity index (χ4n) is 1.56. The van der Waals surface area contributed by atoms with Gasteiger partial charge in [-0.2, -0.15) is 5.01 Å². The maximum absolute atomic E-state index is 12.4. The molecule has 0 aliphatic heterocycles. The van der Waals surface area contributed by atoms with Gasteiger partial charge in [0.05, 0.1) is 10.7 Å². The second kappa shape index (κ2) is 7.17. The predicted octanol–water partition coefficient (Wildman–Crippen LogP) is 4.23. The highest BCUT2D eigenvalue weighted by Gasteiger charge is 2.27. The summed E-state index contributed by atoms with van der Waals surface area (Å²) in [6.45, 7) is 10.2. The number of nitrogens with zero attached hydrogens (tertiary/aromatic N) is 1. The Bertz CT molecular complexity index is 620. The van der Waals surface area contributed by atoms with Gasteiger partial charge in [0.2, 0.25) is 0 Å². The Morgan fingerprint density at radius 3 is 2.08 bits per heavy atom. The minimum absolute atomic E-state index is 0.111. The molecule has 7 nitrogen and oxygen atoms in total. The normalized spacial score (nSPS) is 11.6. The van der Waals surface area contributed by atoms with E-state index < -0.39 is 23.4 Å². The van der Waals surface area contributed by atoms with Crippen molar-refractivity contribution in [3.8, 4) is 5.75 Å². The van der Waals surface area contributed by atoms with Crippen molar-refractivity contribution in [1.82, 2.24) is 5.43 Å². The van der Waals surface area contributed by atoms with Gasteiger partial charge in [0.15, 0.2) is 0 Å². The summed E-state index contributed by atoms with van der Waals surface area (Å²) in [6.07, 6.45) is -1.68. The Morgan fingerprint density at radius 1 is 1.08 bits per heavy atom. The molecule has 0 aliphatic carbocycles. The highest BCUT2D eigenvalue weighted by Crippen LogP contribution is 2.28. The number of halogens is 1. The molecule has 0 fully saturated rings. The first kappa shape index (κ1) is 19.9. The van der Waals surface area contributed by atoms with E-state index in [0.717, 1.165) is 5.01 Å². The molecule has 0 radical (unpaired) electrons. The number of rotatable bonds is 1. The van der Waals surface area contributed by atoms with Crippen molar-refractivity contribution in [3.63, 3.8) is 0 Å². The van der Waals surface area contributed by atoms with Gasteiger partial charge in [-0.05, 0) is 53.7 Å². The van der Waals surface area contributed by atoms with Gasteiger partial charge in [0.25, 0.3) is 0 Å². The lowest BCUT2D eigenvalue weighted by atomic mass is 10.2. The van der Waals surface area contributed by atoms with E-state index in [1.54, 1.807) is 41.5 Å². The Kier molecular flexibility index (Phi) is 5.94. The van der Waals surface area contributed by atoms with Crippen LogP contribution in [0.25, 0.3) is 0 Å². The largest absolute Gasteiger partial charge is 0.506 e. The van der Waals surface area contributed by atoms with Crippen molar-refractivity contribution < 1.29 is 24.2 Å². The van der Waals surface area contributed by atoms with Crippen LogP contribution in [0.1, 0.15) is 41.5 Å². The molecule has 0 spiro atoms. The van der Waals surface area contributed by atoms with Crippen molar-refractivity contribution in [2.45, 2.75) is 52.7 Å². The number of phenols is 1. The predicted molar refractivity (Wildman–Crippen MR) is 91.2 cm³/mol. The lowest BCUT2D eigenvalue weighted by Gasteiger charge is -2.28. The summed E-state index contributed by atoms with van der Waals surface area (Å²) < 4.78 is 10.4. The number of hydrazine groups is 1. The average Bonchev–Trinajstić information content (AvgIpc) is 2.35. The summed E-state index contributed by atoms with van der Waals surface area (Å²) in [5.41, 5.74) is 0.944. The number of ether oxygens (including phenoxy) is 2. The lowest BCUT2D eigenvalue weighted by Crippen LogP contribution is -2.50. The molecular weight excluding hydrogens is 336 g/mol.